The molecule has 0 radical (unpaired) electrons. The summed E-state index contributed by atoms with van der Waals surface area (Å²) in [6.07, 6.45) is 0. The van der Waals surface area contributed by atoms with E-state index in [1.165, 1.54) is 33.0 Å². The van der Waals surface area contributed by atoms with Gasteiger partial charge in [-0.15, -0.1) is 11.1 Å². The van der Waals surface area contributed by atoms with Gasteiger partial charge >= 0.3 is 0 Å². The van der Waals surface area contributed by atoms with Crippen molar-refractivity contribution in [3.63, 3.8) is 0 Å². The molecule has 0 unspecified atom stereocenters. The summed E-state index contributed by atoms with van der Waals surface area (Å²) < 4.78 is 0. The van der Waals surface area contributed by atoms with Crippen molar-refractivity contribution in [2.75, 3.05) is 0 Å². The van der Waals surface area contributed by atoms with Crippen LogP contribution in [0.4, 0.5) is 0 Å². The number of fused-ring (bicyclic) bond motifs is 3. The third-order valence-electron chi connectivity index (χ3n) is 11.6. The summed E-state index contributed by atoms with van der Waals surface area (Å²) in [7, 11) is -3.71. The van der Waals surface area contributed by atoms with Gasteiger partial charge in [0, 0.05) is 32.9 Å². The van der Waals surface area contributed by atoms with E-state index in [4.69, 9.17) is 0 Å². The van der Waals surface area contributed by atoms with Crippen molar-refractivity contribution >= 4 is 38.0 Å². The first-order valence-electron chi connectivity index (χ1n) is 18.5. The molecule has 0 spiro atoms. The minimum absolute atomic E-state index is 0.602. The zero-order chi connectivity index (χ0) is 35.7. The number of hydrogen-bond acceptors (Lipinski definition) is 0. The molecule has 0 fully saturated rings. The molecule has 254 valence electrons. The first-order chi connectivity index (χ1) is 23.2. The monoisotopic (exact) mass is 679 g/mol. The van der Waals surface area contributed by atoms with Crippen LogP contribution in [-0.2, 0) is 0 Å². The summed E-state index contributed by atoms with van der Waals surface area (Å²) in [5.74, 6) is 7.50. The Bertz CT molecular complexity index is 1880. The van der Waals surface area contributed by atoms with Gasteiger partial charge in [-0.25, -0.2) is 0 Å². The molecule has 1 N–H and O–H groups in total. The molecule has 0 atom stereocenters. The third kappa shape index (κ3) is 6.74. The molecule has 5 aromatic rings. The zero-order valence-corrected chi connectivity index (χ0v) is 34.0. The number of hydrogen-bond donors (Lipinski definition) is 1. The highest BCUT2D eigenvalue weighted by Gasteiger charge is 2.42. The van der Waals surface area contributed by atoms with Crippen LogP contribution in [0.3, 0.4) is 0 Å². The average molecular weight is 680 g/mol. The predicted molar refractivity (Wildman–Crippen MR) is 223 cm³/mol. The van der Waals surface area contributed by atoms with Gasteiger partial charge in [0.05, 0.1) is 0 Å². The van der Waals surface area contributed by atoms with Gasteiger partial charge in [0.15, 0.2) is 0 Å². The van der Waals surface area contributed by atoms with Gasteiger partial charge in [-0.1, -0.05) is 143 Å². The molecule has 1 aromatic heterocycles. The molecule has 0 amide bonds. The Labute approximate surface area is 299 Å². The summed E-state index contributed by atoms with van der Waals surface area (Å²) in [5, 5.41) is 2.48. The van der Waals surface area contributed by atoms with Crippen molar-refractivity contribution < 1.29 is 0 Å². The van der Waals surface area contributed by atoms with Crippen LogP contribution >= 0.6 is 0 Å². The lowest BCUT2D eigenvalue weighted by molar-refractivity contribution is 0.838. The lowest BCUT2D eigenvalue weighted by Gasteiger charge is -2.38. The lowest BCUT2D eigenvalue weighted by atomic mass is 9.96. The highest BCUT2D eigenvalue weighted by molar-refractivity contribution is 6.91. The summed E-state index contributed by atoms with van der Waals surface area (Å²) in [6, 6.07) is 31.1. The lowest BCUT2D eigenvalue weighted by Crippen LogP contribution is -2.43. The van der Waals surface area contributed by atoms with Crippen molar-refractivity contribution in [3.8, 4) is 45.2 Å². The Balaban J connectivity index is 1.62. The number of aromatic amines is 1. The van der Waals surface area contributed by atoms with Crippen LogP contribution in [0.25, 0.3) is 44.1 Å². The van der Waals surface area contributed by atoms with Gasteiger partial charge < -0.3 is 4.98 Å². The molecule has 4 aromatic carbocycles. The van der Waals surface area contributed by atoms with E-state index in [0.29, 0.717) is 33.2 Å². The molecule has 0 saturated heterocycles. The Hall–Kier alpha value is -3.77. The van der Waals surface area contributed by atoms with E-state index in [9.17, 15) is 0 Å². The van der Waals surface area contributed by atoms with Crippen LogP contribution in [0.2, 0.25) is 33.2 Å². The number of aromatic nitrogens is 1. The molecular formula is C46H57NSi2. The highest BCUT2D eigenvalue weighted by atomic mass is 28.3. The SMILES string of the molecule is CC(C)[Si](C#Cc1ccccc1-c1ccc2[nH]c3ccc(-c4ccccc4C#C[Si](C(C)C)(C(C)C)C(C)C)cc3c2c1)(C(C)C)C(C)C. The van der Waals surface area contributed by atoms with Crippen molar-refractivity contribution in [1.82, 2.24) is 4.98 Å². The average Bonchev–Trinajstić information content (AvgIpc) is 3.42. The Morgan fingerprint density at radius 1 is 0.429 bits per heavy atom. The summed E-state index contributed by atoms with van der Waals surface area (Å²) in [4.78, 5) is 3.68. The van der Waals surface area contributed by atoms with Crippen LogP contribution < -0.4 is 0 Å². The van der Waals surface area contributed by atoms with E-state index in [1.807, 2.05) is 0 Å². The molecule has 1 nitrogen and oxygen atoms in total. The second-order valence-electron chi connectivity index (χ2n) is 16.0. The van der Waals surface area contributed by atoms with E-state index in [-0.39, 0.29) is 0 Å². The molecule has 1 heterocycles. The minimum Gasteiger partial charge on any atom is -0.355 e. The van der Waals surface area contributed by atoms with Crippen LogP contribution in [0.5, 0.6) is 0 Å². The van der Waals surface area contributed by atoms with Crippen molar-refractivity contribution in [2.45, 2.75) is 116 Å². The molecule has 49 heavy (non-hydrogen) atoms. The zero-order valence-electron chi connectivity index (χ0n) is 32.0. The maximum atomic E-state index is 3.96. The second-order valence-corrected chi connectivity index (χ2v) is 27.2. The van der Waals surface area contributed by atoms with Crippen molar-refractivity contribution in [2.24, 2.45) is 0 Å². The Morgan fingerprint density at radius 3 is 1.08 bits per heavy atom. The van der Waals surface area contributed by atoms with Gasteiger partial charge in [-0.2, -0.15) is 0 Å². The van der Waals surface area contributed by atoms with E-state index in [0.717, 1.165) is 22.2 Å². The fourth-order valence-electron chi connectivity index (χ4n) is 9.14. The Morgan fingerprint density at radius 2 is 0.755 bits per heavy atom. The summed E-state index contributed by atoms with van der Waals surface area (Å²) in [5.41, 5.74) is 20.9. The van der Waals surface area contributed by atoms with E-state index in [1.54, 1.807) is 0 Å². The number of nitrogens with one attached hydrogen (secondary N) is 1. The van der Waals surface area contributed by atoms with E-state index in [2.05, 4.69) is 196 Å². The minimum atomic E-state index is -1.85. The molecule has 0 bridgehead atoms. The maximum absolute atomic E-state index is 3.96. The first kappa shape index (κ1) is 36.5. The van der Waals surface area contributed by atoms with Gasteiger partial charge in [0.1, 0.15) is 16.1 Å². The number of H-pyrrole nitrogens is 1. The topological polar surface area (TPSA) is 15.8 Å². The highest BCUT2D eigenvalue weighted by Crippen LogP contribution is 2.42. The smallest absolute Gasteiger partial charge is 0.146 e. The Kier molecular flexibility index (Phi) is 10.9. The molecule has 0 aliphatic carbocycles. The summed E-state index contributed by atoms with van der Waals surface area (Å²) in [6.45, 7) is 28.6. The number of rotatable bonds is 8. The fraction of sp³-hybridized carbons (Fsp3) is 0.391. The molecule has 0 saturated carbocycles. The maximum Gasteiger partial charge on any atom is 0.146 e. The van der Waals surface area contributed by atoms with Crippen LogP contribution in [0.15, 0.2) is 84.9 Å². The third-order valence-corrected chi connectivity index (χ3v) is 24.2. The first-order valence-corrected chi connectivity index (χ1v) is 23.0. The quantitative estimate of drug-likeness (QED) is 0.124. The fourth-order valence-corrected chi connectivity index (χ4v) is 19.6. The molecule has 0 aliphatic heterocycles. The molecule has 0 aliphatic rings. The molecule has 3 heteroatoms. The molecule has 5 rings (SSSR count). The largest absolute Gasteiger partial charge is 0.355 e. The van der Waals surface area contributed by atoms with Crippen LogP contribution in [-0.4, -0.2) is 21.1 Å². The number of benzene rings is 4. The van der Waals surface area contributed by atoms with Crippen molar-refractivity contribution in [1.29, 1.82) is 0 Å². The predicted octanol–water partition coefficient (Wildman–Crippen LogP) is 13.8. The van der Waals surface area contributed by atoms with Gasteiger partial charge in [-0.05, 0) is 91.9 Å². The van der Waals surface area contributed by atoms with Gasteiger partial charge in [-0.3, -0.25) is 0 Å². The van der Waals surface area contributed by atoms with Gasteiger partial charge in [0.2, 0.25) is 0 Å². The van der Waals surface area contributed by atoms with Gasteiger partial charge in [0.25, 0.3) is 0 Å². The van der Waals surface area contributed by atoms with Crippen molar-refractivity contribution in [3.05, 3.63) is 96.1 Å². The van der Waals surface area contributed by atoms with E-state index >= 15 is 0 Å². The van der Waals surface area contributed by atoms with E-state index < -0.39 is 16.1 Å². The normalized spacial score (nSPS) is 12.4. The van der Waals surface area contributed by atoms with Crippen LogP contribution in [0, 0.1) is 22.9 Å². The summed E-state index contributed by atoms with van der Waals surface area (Å²) >= 11 is 0. The standard InChI is InChI=1S/C46H57NSi2/c1-31(2)48(32(3)4,33(5)6)27-25-37-17-13-15-19-41(37)39-21-23-45-43(29-39)44-30-40(22-24-46(44)47-45)42-20-16-14-18-38(42)26-28-49(34(7)8,35(9)10)36(11)12/h13-24,29-36,47H,1-12H3. The van der Waals surface area contributed by atoms with Crippen LogP contribution in [0.1, 0.15) is 94.2 Å². The molecular weight excluding hydrogens is 623 g/mol. The second kappa shape index (κ2) is 14.6.